The van der Waals surface area contributed by atoms with Crippen molar-refractivity contribution in [3.05, 3.63) is 36.4 Å². The van der Waals surface area contributed by atoms with E-state index in [2.05, 4.69) is 5.10 Å². The van der Waals surface area contributed by atoms with Gasteiger partial charge in [0.15, 0.2) is 0 Å². The Labute approximate surface area is 119 Å². The van der Waals surface area contributed by atoms with Gasteiger partial charge < -0.3 is 10.6 Å². The molecule has 0 fully saturated rings. The van der Waals surface area contributed by atoms with E-state index in [0.717, 1.165) is 29.9 Å². The van der Waals surface area contributed by atoms with Crippen LogP contribution in [0.3, 0.4) is 0 Å². The zero-order valence-electron chi connectivity index (χ0n) is 11.9. The minimum atomic E-state index is 0.105. The van der Waals surface area contributed by atoms with Crippen molar-refractivity contribution >= 4 is 12.2 Å². The third-order valence-corrected chi connectivity index (χ3v) is 3.14. The van der Waals surface area contributed by atoms with Crippen molar-refractivity contribution in [1.29, 1.82) is 0 Å². The Morgan fingerprint density at radius 3 is 2.70 bits per heavy atom. The van der Waals surface area contributed by atoms with Crippen molar-refractivity contribution < 1.29 is 4.79 Å². The molecule has 5 heteroatoms. The number of hydrogen-bond donors (Lipinski definition) is 1. The van der Waals surface area contributed by atoms with Crippen LogP contribution in [0.4, 0.5) is 5.82 Å². The normalized spacial score (nSPS) is 12.2. The highest BCUT2D eigenvalue weighted by Crippen LogP contribution is 2.23. The van der Waals surface area contributed by atoms with Crippen LogP contribution in [0, 0.1) is 0 Å². The molecule has 1 aromatic heterocycles. The van der Waals surface area contributed by atoms with Crippen LogP contribution in [0.5, 0.6) is 0 Å². The number of carbonyl (C=O) groups is 1. The number of aryl methyl sites for hydroxylation is 1. The number of carbonyl (C=O) groups excluding carboxylic acids is 1. The van der Waals surface area contributed by atoms with Crippen molar-refractivity contribution in [3.63, 3.8) is 0 Å². The van der Waals surface area contributed by atoms with Crippen LogP contribution in [-0.4, -0.2) is 29.3 Å². The van der Waals surface area contributed by atoms with Crippen LogP contribution < -0.4 is 10.6 Å². The van der Waals surface area contributed by atoms with Gasteiger partial charge in [-0.1, -0.05) is 30.3 Å². The minimum absolute atomic E-state index is 0.105. The van der Waals surface area contributed by atoms with Crippen LogP contribution in [0.1, 0.15) is 13.3 Å². The molecule has 2 aromatic rings. The Morgan fingerprint density at radius 2 is 2.10 bits per heavy atom. The summed E-state index contributed by atoms with van der Waals surface area (Å²) in [6.07, 6.45) is 1.60. The summed E-state index contributed by atoms with van der Waals surface area (Å²) in [5.41, 5.74) is 7.69. The summed E-state index contributed by atoms with van der Waals surface area (Å²) in [7, 11) is 1.72. The summed E-state index contributed by atoms with van der Waals surface area (Å²) in [6.45, 7) is 2.66. The molecule has 0 aliphatic rings. The van der Waals surface area contributed by atoms with Gasteiger partial charge in [-0.05, 0) is 13.3 Å². The maximum absolute atomic E-state index is 11.0. The lowest BCUT2D eigenvalue weighted by Crippen LogP contribution is -2.22. The Kier molecular flexibility index (Phi) is 4.53. The highest BCUT2D eigenvalue weighted by molar-refractivity contribution is 5.75. The Balaban J connectivity index is 2.34. The molecule has 0 radical (unpaired) electrons. The van der Waals surface area contributed by atoms with Gasteiger partial charge in [0.05, 0.1) is 5.69 Å². The second-order valence-corrected chi connectivity index (χ2v) is 4.96. The molecule has 0 saturated carbocycles. The zero-order valence-corrected chi connectivity index (χ0v) is 11.9. The van der Waals surface area contributed by atoms with Crippen LogP contribution >= 0.6 is 0 Å². The largest absolute Gasteiger partial charge is 0.328 e. The zero-order chi connectivity index (χ0) is 14.5. The first-order chi connectivity index (χ1) is 9.61. The molecule has 2 N–H and O–H groups in total. The molecular formula is C15H20N4O. The van der Waals surface area contributed by atoms with E-state index in [4.69, 9.17) is 5.73 Å². The SMILES string of the molecule is CC(N)CCn1nc(-c2ccccc2)cc1N(C)C=O. The first-order valence-electron chi connectivity index (χ1n) is 6.69. The summed E-state index contributed by atoms with van der Waals surface area (Å²) < 4.78 is 1.83. The number of benzene rings is 1. The van der Waals surface area contributed by atoms with E-state index in [9.17, 15) is 4.79 Å². The monoisotopic (exact) mass is 272 g/mol. The molecule has 1 amide bonds. The molecule has 106 valence electrons. The summed E-state index contributed by atoms with van der Waals surface area (Å²) in [4.78, 5) is 12.5. The standard InChI is InChI=1S/C15H20N4O/c1-12(16)8-9-19-15(18(2)11-20)10-14(17-19)13-6-4-3-5-7-13/h3-7,10-12H,8-9,16H2,1-2H3. The first kappa shape index (κ1) is 14.3. The fourth-order valence-corrected chi connectivity index (χ4v) is 1.99. The summed E-state index contributed by atoms with van der Waals surface area (Å²) in [5.74, 6) is 0.777. The van der Waals surface area contributed by atoms with E-state index in [1.807, 2.05) is 48.0 Å². The molecule has 0 spiro atoms. The van der Waals surface area contributed by atoms with Crippen LogP contribution in [-0.2, 0) is 11.3 Å². The number of rotatable bonds is 6. The molecule has 1 unspecified atom stereocenters. The number of amides is 1. The maximum atomic E-state index is 11.0. The second kappa shape index (κ2) is 6.34. The number of hydrogen-bond acceptors (Lipinski definition) is 3. The van der Waals surface area contributed by atoms with E-state index < -0.39 is 0 Å². The third-order valence-electron chi connectivity index (χ3n) is 3.14. The molecule has 20 heavy (non-hydrogen) atoms. The smallest absolute Gasteiger partial charge is 0.215 e. The topological polar surface area (TPSA) is 64.2 Å². The molecule has 0 aliphatic heterocycles. The van der Waals surface area contributed by atoms with E-state index in [0.29, 0.717) is 6.54 Å². The van der Waals surface area contributed by atoms with Crippen molar-refractivity contribution in [2.45, 2.75) is 25.9 Å². The van der Waals surface area contributed by atoms with Gasteiger partial charge in [0.1, 0.15) is 5.82 Å². The highest BCUT2D eigenvalue weighted by Gasteiger charge is 2.13. The van der Waals surface area contributed by atoms with E-state index in [-0.39, 0.29) is 6.04 Å². The first-order valence-corrected chi connectivity index (χ1v) is 6.69. The predicted octanol–water partition coefficient (Wildman–Crippen LogP) is 1.88. The quantitative estimate of drug-likeness (QED) is 0.817. The van der Waals surface area contributed by atoms with E-state index in [1.54, 1.807) is 7.05 Å². The Bertz CT molecular complexity index is 563. The summed E-state index contributed by atoms with van der Waals surface area (Å²) in [5, 5.41) is 4.58. The fraction of sp³-hybridized carbons (Fsp3) is 0.333. The van der Waals surface area contributed by atoms with Crippen molar-refractivity contribution in [1.82, 2.24) is 9.78 Å². The predicted molar refractivity (Wildman–Crippen MR) is 80.4 cm³/mol. The second-order valence-electron chi connectivity index (χ2n) is 4.96. The molecule has 5 nitrogen and oxygen atoms in total. The van der Waals surface area contributed by atoms with Gasteiger partial charge >= 0.3 is 0 Å². The van der Waals surface area contributed by atoms with Crippen LogP contribution in [0.25, 0.3) is 11.3 Å². The maximum Gasteiger partial charge on any atom is 0.215 e. The molecule has 1 aromatic carbocycles. The molecule has 1 atom stereocenters. The van der Waals surface area contributed by atoms with E-state index in [1.165, 1.54) is 4.90 Å². The molecule has 1 heterocycles. The summed E-state index contributed by atoms with van der Waals surface area (Å²) in [6, 6.07) is 11.9. The van der Waals surface area contributed by atoms with Crippen LogP contribution in [0.15, 0.2) is 36.4 Å². The van der Waals surface area contributed by atoms with Gasteiger partial charge in [-0.15, -0.1) is 0 Å². The van der Waals surface area contributed by atoms with Crippen molar-refractivity contribution in [2.24, 2.45) is 5.73 Å². The van der Waals surface area contributed by atoms with Gasteiger partial charge in [-0.25, -0.2) is 4.68 Å². The van der Waals surface area contributed by atoms with Crippen LogP contribution in [0.2, 0.25) is 0 Å². The van der Waals surface area contributed by atoms with Gasteiger partial charge in [0.25, 0.3) is 0 Å². The van der Waals surface area contributed by atoms with Gasteiger partial charge in [0.2, 0.25) is 6.41 Å². The highest BCUT2D eigenvalue weighted by atomic mass is 16.1. The molecule has 0 bridgehead atoms. The molecule has 0 aliphatic carbocycles. The lowest BCUT2D eigenvalue weighted by atomic mass is 10.1. The molecular weight excluding hydrogens is 252 g/mol. The van der Waals surface area contributed by atoms with E-state index >= 15 is 0 Å². The Morgan fingerprint density at radius 1 is 1.40 bits per heavy atom. The van der Waals surface area contributed by atoms with Crippen molar-refractivity contribution in [2.75, 3.05) is 11.9 Å². The lowest BCUT2D eigenvalue weighted by molar-refractivity contribution is -0.107. The number of nitrogens with two attached hydrogens (primary N) is 1. The van der Waals surface area contributed by atoms with Crippen molar-refractivity contribution in [3.8, 4) is 11.3 Å². The van der Waals surface area contributed by atoms with Gasteiger partial charge in [-0.2, -0.15) is 5.10 Å². The number of aromatic nitrogens is 2. The minimum Gasteiger partial charge on any atom is -0.328 e. The molecule has 2 rings (SSSR count). The average Bonchev–Trinajstić information content (AvgIpc) is 2.89. The third kappa shape index (κ3) is 3.24. The average molecular weight is 272 g/mol. The summed E-state index contributed by atoms with van der Waals surface area (Å²) >= 11 is 0. The lowest BCUT2D eigenvalue weighted by Gasteiger charge is -2.13. The van der Waals surface area contributed by atoms with Gasteiger partial charge in [-0.3, -0.25) is 4.79 Å². The fourth-order valence-electron chi connectivity index (χ4n) is 1.99. The van der Waals surface area contributed by atoms with Gasteiger partial charge in [0, 0.05) is 31.3 Å². The Hall–Kier alpha value is -2.14. The molecule has 0 saturated heterocycles. The number of nitrogens with zero attached hydrogens (tertiary/aromatic N) is 3. The number of anilines is 1.